The highest BCUT2D eigenvalue weighted by molar-refractivity contribution is 5.89. The fourth-order valence-corrected chi connectivity index (χ4v) is 3.87. The molecule has 1 spiro atoms. The monoisotopic (exact) mass is 304 g/mol. The summed E-state index contributed by atoms with van der Waals surface area (Å²) in [6.45, 7) is 6.24. The van der Waals surface area contributed by atoms with Crippen LogP contribution < -0.4 is 4.90 Å². The molecule has 0 saturated carbocycles. The normalized spacial score (nSPS) is 18.9. The Morgan fingerprint density at radius 1 is 1.04 bits per heavy atom. The molecule has 23 heavy (non-hydrogen) atoms. The summed E-state index contributed by atoms with van der Waals surface area (Å²) in [5, 5.41) is 1.27. The molecule has 2 aliphatic heterocycles. The third kappa shape index (κ3) is 2.00. The Morgan fingerprint density at radius 3 is 2.61 bits per heavy atom. The lowest BCUT2D eigenvalue weighted by atomic mass is 9.77. The molecule has 0 atom stereocenters. The predicted molar refractivity (Wildman–Crippen MR) is 93.9 cm³/mol. The highest BCUT2D eigenvalue weighted by Crippen LogP contribution is 2.43. The van der Waals surface area contributed by atoms with E-state index in [1.165, 1.54) is 33.4 Å². The molecule has 2 saturated heterocycles. The first-order valence-corrected chi connectivity index (χ1v) is 8.24. The van der Waals surface area contributed by atoms with Gasteiger partial charge >= 0.3 is 0 Å². The number of anilines is 1. The van der Waals surface area contributed by atoms with Crippen molar-refractivity contribution in [1.29, 1.82) is 0 Å². The van der Waals surface area contributed by atoms with E-state index in [9.17, 15) is 0 Å². The van der Waals surface area contributed by atoms with Gasteiger partial charge in [0.1, 0.15) is 0 Å². The summed E-state index contributed by atoms with van der Waals surface area (Å²) in [7, 11) is 0. The fourth-order valence-electron chi connectivity index (χ4n) is 3.87. The molecule has 0 unspecified atom stereocenters. The summed E-state index contributed by atoms with van der Waals surface area (Å²) in [5.74, 6) is 0. The van der Waals surface area contributed by atoms with Crippen LogP contribution in [0.25, 0.3) is 22.2 Å². The zero-order valence-electron chi connectivity index (χ0n) is 13.3. The maximum atomic E-state index is 5.41. The Labute approximate surface area is 135 Å². The van der Waals surface area contributed by atoms with Crippen LogP contribution in [-0.4, -0.2) is 31.3 Å². The Bertz CT molecular complexity index is 851. The Morgan fingerprint density at radius 2 is 1.87 bits per heavy atom. The van der Waals surface area contributed by atoms with Crippen LogP contribution in [0.15, 0.2) is 48.5 Å². The van der Waals surface area contributed by atoms with Crippen LogP contribution in [0.3, 0.4) is 0 Å². The van der Waals surface area contributed by atoms with Gasteiger partial charge in [-0.2, -0.15) is 0 Å². The lowest BCUT2D eigenvalue weighted by Crippen LogP contribution is -2.66. The van der Waals surface area contributed by atoms with Gasteiger partial charge in [-0.3, -0.25) is 0 Å². The minimum atomic E-state index is 0.433. The largest absolute Gasteiger partial charge is 0.380 e. The number of aryl methyl sites for hydroxylation is 1. The van der Waals surface area contributed by atoms with E-state index in [1.54, 1.807) is 0 Å². The number of fused-ring (bicyclic) bond motifs is 1. The van der Waals surface area contributed by atoms with E-state index in [1.807, 2.05) is 0 Å². The van der Waals surface area contributed by atoms with Crippen molar-refractivity contribution >= 4 is 16.6 Å². The van der Waals surface area contributed by atoms with Gasteiger partial charge in [-0.15, -0.1) is 0 Å². The Balaban J connectivity index is 1.57. The van der Waals surface area contributed by atoms with Crippen LogP contribution in [-0.2, 0) is 4.74 Å². The number of benzene rings is 2. The Hall–Kier alpha value is -2.26. The second-order valence-corrected chi connectivity index (χ2v) is 7.14. The lowest BCUT2D eigenvalue weighted by Gasteiger charge is -2.56. The van der Waals surface area contributed by atoms with E-state index in [2.05, 4.69) is 65.3 Å². The third-order valence-electron chi connectivity index (χ3n) is 5.18. The zero-order valence-corrected chi connectivity index (χ0v) is 13.3. The predicted octanol–water partition coefficient (Wildman–Crippen LogP) is 3.98. The quantitative estimate of drug-likeness (QED) is 0.775. The first-order chi connectivity index (χ1) is 11.2. The highest BCUT2D eigenvalue weighted by atomic mass is 16.5. The third-order valence-corrected chi connectivity index (χ3v) is 5.18. The molecular weight excluding hydrogens is 284 g/mol. The SMILES string of the molecule is Cc1ccc(N2CC3(COC3)C2)c(-c2cc3ccccc3[nH]2)c1. The summed E-state index contributed by atoms with van der Waals surface area (Å²) in [4.78, 5) is 6.07. The second-order valence-electron chi connectivity index (χ2n) is 7.14. The van der Waals surface area contributed by atoms with Gasteiger partial charge in [0.05, 0.1) is 18.6 Å². The standard InChI is InChI=1S/C20H20N2O/c1-14-6-7-19(22-10-20(11-22)12-23-13-20)16(8-14)18-9-15-4-2-3-5-17(15)21-18/h2-9,21H,10-13H2,1H3. The van der Waals surface area contributed by atoms with Crippen molar-refractivity contribution in [3.63, 3.8) is 0 Å². The summed E-state index contributed by atoms with van der Waals surface area (Å²) < 4.78 is 5.41. The maximum Gasteiger partial charge on any atom is 0.0579 e. The number of aromatic nitrogens is 1. The van der Waals surface area contributed by atoms with Crippen molar-refractivity contribution in [2.45, 2.75) is 6.92 Å². The average Bonchev–Trinajstić information content (AvgIpc) is 2.89. The summed E-state index contributed by atoms with van der Waals surface area (Å²) in [5.41, 5.74) is 6.77. The summed E-state index contributed by atoms with van der Waals surface area (Å²) in [6, 6.07) is 17.5. The molecule has 0 amide bonds. The summed E-state index contributed by atoms with van der Waals surface area (Å²) >= 11 is 0. The van der Waals surface area contributed by atoms with Gasteiger partial charge < -0.3 is 14.6 Å². The summed E-state index contributed by atoms with van der Waals surface area (Å²) in [6.07, 6.45) is 0. The Kier molecular flexibility index (Phi) is 2.65. The zero-order chi connectivity index (χ0) is 15.4. The van der Waals surface area contributed by atoms with E-state index >= 15 is 0 Å². The van der Waals surface area contributed by atoms with Crippen LogP contribution in [0.5, 0.6) is 0 Å². The van der Waals surface area contributed by atoms with Crippen LogP contribution >= 0.6 is 0 Å². The average molecular weight is 304 g/mol. The fraction of sp³-hybridized carbons (Fsp3) is 0.300. The van der Waals surface area contributed by atoms with Crippen LogP contribution in [0.4, 0.5) is 5.69 Å². The van der Waals surface area contributed by atoms with Gasteiger partial charge in [-0.05, 0) is 31.2 Å². The number of rotatable bonds is 2. The van der Waals surface area contributed by atoms with E-state index in [0.29, 0.717) is 5.41 Å². The van der Waals surface area contributed by atoms with Crippen molar-refractivity contribution < 1.29 is 4.74 Å². The number of hydrogen-bond acceptors (Lipinski definition) is 2. The number of nitrogens with zero attached hydrogens (tertiary/aromatic N) is 1. The van der Waals surface area contributed by atoms with Gasteiger partial charge in [0.15, 0.2) is 0 Å². The molecule has 3 aromatic rings. The molecule has 0 aliphatic carbocycles. The molecule has 0 radical (unpaired) electrons. The molecule has 2 fully saturated rings. The number of H-pyrrole nitrogens is 1. The first-order valence-electron chi connectivity index (χ1n) is 8.24. The molecule has 3 nitrogen and oxygen atoms in total. The van der Waals surface area contributed by atoms with E-state index in [0.717, 1.165) is 26.3 Å². The van der Waals surface area contributed by atoms with Gasteiger partial charge in [-0.25, -0.2) is 0 Å². The molecule has 0 bridgehead atoms. The number of ether oxygens (including phenoxy) is 1. The number of nitrogens with one attached hydrogen (secondary N) is 1. The lowest BCUT2D eigenvalue weighted by molar-refractivity contribution is -0.127. The molecule has 3 heterocycles. The number of para-hydroxylation sites is 1. The smallest absolute Gasteiger partial charge is 0.0579 e. The second kappa shape index (κ2) is 4.62. The number of hydrogen-bond donors (Lipinski definition) is 1. The van der Waals surface area contributed by atoms with Gasteiger partial charge in [0.25, 0.3) is 0 Å². The molecule has 1 aromatic heterocycles. The van der Waals surface area contributed by atoms with Crippen LogP contribution in [0, 0.1) is 12.3 Å². The first kappa shape index (κ1) is 13.2. The number of aromatic amines is 1. The van der Waals surface area contributed by atoms with Crippen LogP contribution in [0.1, 0.15) is 5.56 Å². The highest BCUT2D eigenvalue weighted by Gasteiger charge is 2.49. The van der Waals surface area contributed by atoms with E-state index in [-0.39, 0.29) is 0 Å². The van der Waals surface area contributed by atoms with Crippen LogP contribution in [0.2, 0.25) is 0 Å². The van der Waals surface area contributed by atoms with Crippen molar-refractivity contribution in [3.05, 3.63) is 54.1 Å². The van der Waals surface area contributed by atoms with E-state index in [4.69, 9.17) is 4.74 Å². The van der Waals surface area contributed by atoms with Gasteiger partial charge in [0.2, 0.25) is 0 Å². The van der Waals surface area contributed by atoms with Gasteiger partial charge in [0, 0.05) is 40.9 Å². The molecule has 116 valence electrons. The molecule has 3 heteroatoms. The minimum absolute atomic E-state index is 0.433. The molecular formula is C20H20N2O. The molecule has 1 N–H and O–H groups in total. The molecule has 2 aromatic carbocycles. The molecule has 2 aliphatic rings. The topological polar surface area (TPSA) is 28.3 Å². The van der Waals surface area contributed by atoms with Gasteiger partial charge in [-0.1, -0.05) is 29.8 Å². The molecule has 5 rings (SSSR count). The van der Waals surface area contributed by atoms with E-state index < -0.39 is 0 Å². The van der Waals surface area contributed by atoms with Crippen molar-refractivity contribution in [2.75, 3.05) is 31.2 Å². The maximum absolute atomic E-state index is 5.41. The minimum Gasteiger partial charge on any atom is -0.380 e. The van der Waals surface area contributed by atoms with Crippen molar-refractivity contribution in [3.8, 4) is 11.3 Å². The van der Waals surface area contributed by atoms with Crippen molar-refractivity contribution in [2.24, 2.45) is 5.41 Å². The van der Waals surface area contributed by atoms with Crippen molar-refractivity contribution in [1.82, 2.24) is 4.98 Å².